The minimum absolute atomic E-state index is 0.313. The van der Waals surface area contributed by atoms with E-state index < -0.39 is 5.97 Å². The summed E-state index contributed by atoms with van der Waals surface area (Å²) in [6, 6.07) is 6.90. The fourth-order valence-electron chi connectivity index (χ4n) is 1.61. The standard InChI is InChI=1S/C15H19NO2S/c1-4-6-12(5-2)11-16(3)19-14-9-7-13(8-10-14)15(17)18/h4,6-10H,1,5,11H2,2-3H3,(H,17,18)/b12-6+. The van der Waals surface area contributed by atoms with Crippen LogP contribution in [0.15, 0.2) is 53.5 Å². The average molecular weight is 277 g/mol. The maximum Gasteiger partial charge on any atom is 0.335 e. The van der Waals surface area contributed by atoms with Gasteiger partial charge in [0.1, 0.15) is 0 Å². The number of allylic oxidation sites excluding steroid dienone is 2. The normalized spacial score (nSPS) is 11.6. The molecular formula is C15H19NO2S. The van der Waals surface area contributed by atoms with Crippen molar-refractivity contribution in [1.29, 1.82) is 0 Å². The van der Waals surface area contributed by atoms with Crippen molar-refractivity contribution in [3.8, 4) is 0 Å². The van der Waals surface area contributed by atoms with Gasteiger partial charge >= 0.3 is 5.97 Å². The molecule has 0 aliphatic heterocycles. The van der Waals surface area contributed by atoms with Crippen LogP contribution in [-0.4, -0.2) is 29.0 Å². The van der Waals surface area contributed by atoms with Crippen molar-refractivity contribution in [3.05, 3.63) is 54.1 Å². The van der Waals surface area contributed by atoms with E-state index in [1.54, 1.807) is 30.2 Å². The van der Waals surface area contributed by atoms with Gasteiger partial charge in [-0.3, -0.25) is 0 Å². The van der Waals surface area contributed by atoms with Crippen LogP contribution in [-0.2, 0) is 0 Å². The highest BCUT2D eigenvalue weighted by Gasteiger charge is 2.06. The van der Waals surface area contributed by atoms with Gasteiger partial charge in [-0.15, -0.1) is 0 Å². The van der Waals surface area contributed by atoms with Gasteiger partial charge in [0.15, 0.2) is 0 Å². The first-order valence-electron chi connectivity index (χ1n) is 6.09. The molecule has 1 N–H and O–H groups in total. The van der Waals surface area contributed by atoms with E-state index in [-0.39, 0.29) is 0 Å². The van der Waals surface area contributed by atoms with Gasteiger partial charge in [-0.1, -0.05) is 31.2 Å². The molecule has 0 amide bonds. The minimum Gasteiger partial charge on any atom is -0.478 e. The Morgan fingerprint density at radius 3 is 2.53 bits per heavy atom. The lowest BCUT2D eigenvalue weighted by Gasteiger charge is -2.16. The molecule has 0 saturated carbocycles. The Bertz CT molecular complexity index is 466. The van der Waals surface area contributed by atoms with Crippen LogP contribution in [0.3, 0.4) is 0 Å². The van der Waals surface area contributed by atoms with Crippen LogP contribution in [0.2, 0.25) is 0 Å². The number of likely N-dealkylation sites (N-methyl/N-ethyl adjacent to an activating group) is 1. The van der Waals surface area contributed by atoms with Gasteiger partial charge in [-0.2, -0.15) is 0 Å². The molecule has 0 aromatic heterocycles. The number of carbonyl (C=O) groups is 1. The van der Waals surface area contributed by atoms with Crippen molar-refractivity contribution in [3.63, 3.8) is 0 Å². The molecule has 0 fully saturated rings. The highest BCUT2D eigenvalue weighted by Crippen LogP contribution is 2.22. The van der Waals surface area contributed by atoms with Crippen molar-refractivity contribution in [1.82, 2.24) is 4.31 Å². The summed E-state index contributed by atoms with van der Waals surface area (Å²) >= 11 is 1.60. The summed E-state index contributed by atoms with van der Waals surface area (Å²) in [6.07, 6.45) is 4.83. The van der Waals surface area contributed by atoms with Gasteiger partial charge in [-0.25, -0.2) is 9.10 Å². The lowest BCUT2D eigenvalue weighted by Crippen LogP contribution is -2.12. The molecule has 0 saturated heterocycles. The fourth-order valence-corrected chi connectivity index (χ4v) is 2.45. The van der Waals surface area contributed by atoms with E-state index in [1.165, 1.54) is 5.57 Å². The highest BCUT2D eigenvalue weighted by atomic mass is 32.2. The second-order valence-electron chi connectivity index (χ2n) is 4.12. The fraction of sp³-hybridized carbons (Fsp3) is 0.267. The van der Waals surface area contributed by atoms with Gasteiger partial charge in [0.05, 0.1) is 5.56 Å². The van der Waals surface area contributed by atoms with Crippen LogP contribution in [0, 0.1) is 0 Å². The van der Waals surface area contributed by atoms with E-state index in [9.17, 15) is 4.79 Å². The van der Waals surface area contributed by atoms with Crippen molar-refractivity contribution in [2.75, 3.05) is 13.6 Å². The molecule has 0 aliphatic carbocycles. The molecule has 0 heterocycles. The summed E-state index contributed by atoms with van der Waals surface area (Å²) in [7, 11) is 2.02. The number of hydrogen-bond donors (Lipinski definition) is 1. The first kappa shape index (κ1) is 15.5. The van der Waals surface area contributed by atoms with Crippen molar-refractivity contribution in [2.45, 2.75) is 18.2 Å². The van der Waals surface area contributed by atoms with E-state index >= 15 is 0 Å². The van der Waals surface area contributed by atoms with Crippen LogP contribution >= 0.6 is 11.9 Å². The molecule has 0 aliphatic rings. The Morgan fingerprint density at radius 1 is 1.42 bits per heavy atom. The molecule has 102 valence electrons. The van der Waals surface area contributed by atoms with Crippen molar-refractivity contribution < 1.29 is 9.90 Å². The number of aromatic carboxylic acids is 1. The second-order valence-corrected chi connectivity index (χ2v) is 5.40. The summed E-state index contributed by atoms with van der Waals surface area (Å²) < 4.78 is 2.12. The van der Waals surface area contributed by atoms with E-state index in [0.717, 1.165) is 17.9 Å². The molecule has 1 rings (SSSR count). The zero-order chi connectivity index (χ0) is 14.3. The molecular weight excluding hydrogens is 258 g/mol. The Hall–Kier alpha value is -1.52. The number of nitrogens with zero attached hydrogens (tertiary/aromatic N) is 1. The van der Waals surface area contributed by atoms with Crippen LogP contribution in [0.4, 0.5) is 0 Å². The zero-order valence-electron chi connectivity index (χ0n) is 11.3. The Kier molecular flexibility index (Phi) is 6.39. The monoisotopic (exact) mass is 277 g/mol. The molecule has 19 heavy (non-hydrogen) atoms. The summed E-state index contributed by atoms with van der Waals surface area (Å²) in [5.74, 6) is -0.896. The topological polar surface area (TPSA) is 40.5 Å². The summed E-state index contributed by atoms with van der Waals surface area (Å²) in [5, 5.41) is 8.83. The molecule has 1 aromatic carbocycles. The van der Waals surface area contributed by atoms with E-state index in [0.29, 0.717) is 5.56 Å². The van der Waals surface area contributed by atoms with Gasteiger partial charge in [0.2, 0.25) is 0 Å². The Labute approximate surface area is 118 Å². The van der Waals surface area contributed by atoms with Crippen LogP contribution in [0.5, 0.6) is 0 Å². The number of benzene rings is 1. The van der Waals surface area contributed by atoms with Crippen LogP contribution in [0.25, 0.3) is 0 Å². The predicted octanol–water partition coefficient (Wildman–Crippen LogP) is 3.85. The van der Waals surface area contributed by atoms with E-state index in [2.05, 4.69) is 17.8 Å². The number of rotatable bonds is 7. The quantitative estimate of drug-likeness (QED) is 0.607. The zero-order valence-corrected chi connectivity index (χ0v) is 12.1. The summed E-state index contributed by atoms with van der Waals surface area (Å²) in [4.78, 5) is 11.8. The number of hydrogen-bond acceptors (Lipinski definition) is 3. The van der Waals surface area contributed by atoms with Crippen molar-refractivity contribution >= 4 is 17.9 Å². The summed E-state index contributed by atoms with van der Waals surface area (Å²) in [6.45, 7) is 6.68. The molecule has 3 nitrogen and oxygen atoms in total. The van der Waals surface area contributed by atoms with Crippen LogP contribution in [0.1, 0.15) is 23.7 Å². The third-order valence-corrected chi connectivity index (χ3v) is 3.52. The highest BCUT2D eigenvalue weighted by molar-refractivity contribution is 7.97. The lowest BCUT2D eigenvalue weighted by atomic mass is 10.2. The maximum absolute atomic E-state index is 10.8. The molecule has 0 unspecified atom stereocenters. The number of carboxylic acids is 1. The third kappa shape index (κ3) is 5.32. The molecule has 0 spiro atoms. The first-order valence-corrected chi connectivity index (χ1v) is 6.87. The van der Waals surface area contributed by atoms with Crippen LogP contribution < -0.4 is 0 Å². The largest absolute Gasteiger partial charge is 0.478 e. The Morgan fingerprint density at radius 2 is 2.05 bits per heavy atom. The molecule has 0 atom stereocenters. The SMILES string of the molecule is C=C/C=C(\CC)CN(C)Sc1ccc(C(=O)O)cc1. The smallest absolute Gasteiger partial charge is 0.335 e. The molecule has 0 bridgehead atoms. The van der Waals surface area contributed by atoms with Gasteiger partial charge in [-0.05, 0) is 49.7 Å². The van der Waals surface area contributed by atoms with Crippen molar-refractivity contribution in [2.24, 2.45) is 0 Å². The molecule has 0 radical (unpaired) electrons. The molecule has 1 aromatic rings. The Balaban J connectivity index is 2.61. The number of carboxylic acid groups (broad SMARTS) is 1. The van der Waals surface area contributed by atoms with Gasteiger partial charge in [0.25, 0.3) is 0 Å². The molecule has 4 heteroatoms. The van der Waals surface area contributed by atoms with Gasteiger partial charge in [0, 0.05) is 11.4 Å². The maximum atomic E-state index is 10.8. The van der Waals surface area contributed by atoms with E-state index in [1.807, 2.05) is 25.3 Å². The van der Waals surface area contributed by atoms with E-state index in [4.69, 9.17) is 5.11 Å². The summed E-state index contributed by atoms with van der Waals surface area (Å²) in [5.41, 5.74) is 1.62. The first-order chi connectivity index (χ1) is 9.06. The average Bonchev–Trinajstić information content (AvgIpc) is 2.38. The second kappa shape index (κ2) is 7.81. The van der Waals surface area contributed by atoms with Gasteiger partial charge < -0.3 is 5.11 Å². The predicted molar refractivity (Wildman–Crippen MR) is 80.5 cm³/mol. The minimum atomic E-state index is -0.896. The lowest BCUT2D eigenvalue weighted by molar-refractivity contribution is 0.0697. The third-order valence-electron chi connectivity index (χ3n) is 2.60.